The van der Waals surface area contributed by atoms with E-state index >= 15 is 0 Å². The molecule has 188 valence electrons. The number of allylic oxidation sites excluding steroid dienone is 1. The van der Waals surface area contributed by atoms with Crippen molar-refractivity contribution in [3.05, 3.63) is 12.7 Å². The average Bonchev–Trinajstić information content (AvgIpc) is 2.77. The van der Waals surface area contributed by atoms with Crippen LogP contribution in [0, 0.1) is 5.92 Å². The predicted molar refractivity (Wildman–Crippen MR) is 135 cm³/mol. The van der Waals surface area contributed by atoms with E-state index in [2.05, 4.69) is 6.58 Å². The van der Waals surface area contributed by atoms with Crippen molar-refractivity contribution >= 4 is 11.9 Å². The molecule has 4 nitrogen and oxygen atoms in total. The molecule has 0 aromatic carbocycles. The third kappa shape index (κ3) is 21.9. The van der Waals surface area contributed by atoms with Gasteiger partial charge in [0.15, 0.2) is 0 Å². The summed E-state index contributed by atoms with van der Waals surface area (Å²) in [6.45, 7) is 6.09. The molecule has 1 atom stereocenters. The Morgan fingerprint density at radius 3 is 1.53 bits per heavy atom. The van der Waals surface area contributed by atoms with E-state index < -0.39 is 11.9 Å². The number of carbonyl (C=O) groups excluding carboxylic acids is 1. The fourth-order valence-electron chi connectivity index (χ4n) is 4.17. The van der Waals surface area contributed by atoms with E-state index in [1.54, 1.807) is 0 Å². The van der Waals surface area contributed by atoms with Gasteiger partial charge >= 0.3 is 11.9 Å². The summed E-state index contributed by atoms with van der Waals surface area (Å²) in [5.74, 6) is -1.74. The highest BCUT2D eigenvalue weighted by Crippen LogP contribution is 2.18. The molecular formula is C28H52O4. The number of aliphatic carboxylic acids is 1. The van der Waals surface area contributed by atoms with Crippen LogP contribution in [0.4, 0.5) is 0 Å². The van der Waals surface area contributed by atoms with E-state index in [4.69, 9.17) is 9.84 Å². The zero-order valence-corrected chi connectivity index (χ0v) is 21.1. The van der Waals surface area contributed by atoms with Crippen LogP contribution in [0.1, 0.15) is 142 Å². The summed E-state index contributed by atoms with van der Waals surface area (Å²) in [5, 5.41) is 9.01. The second kappa shape index (κ2) is 24.3. The van der Waals surface area contributed by atoms with Crippen LogP contribution in [0.25, 0.3) is 0 Å². The van der Waals surface area contributed by atoms with Crippen molar-refractivity contribution in [1.82, 2.24) is 0 Å². The summed E-state index contributed by atoms with van der Waals surface area (Å²) in [5.41, 5.74) is 0. The first-order chi connectivity index (χ1) is 15.6. The minimum atomic E-state index is -0.918. The molecule has 0 spiro atoms. The van der Waals surface area contributed by atoms with Gasteiger partial charge in [0, 0.05) is 0 Å². The number of hydrogen-bond acceptors (Lipinski definition) is 3. The van der Waals surface area contributed by atoms with Crippen molar-refractivity contribution in [1.29, 1.82) is 0 Å². The summed E-state index contributed by atoms with van der Waals surface area (Å²) in [6, 6.07) is 0. The zero-order valence-electron chi connectivity index (χ0n) is 21.1. The van der Waals surface area contributed by atoms with Gasteiger partial charge in [-0.3, -0.25) is 9.59 Å². The maximum Gasteiger partial charge on any atom is 0.309 e. The van der Waals surface area contributed by atoms with Gasteiger partial charge in [-0.25, -0.2) is 0 Å². The fraction of sp³-hybridized carbons (Fsp3) is 0.857. The van der Waals surface area contributed by atoms with Gasteiger partial charge in [-0.15, -0.1) is 6.58 Å². The Hall–Kier alpha value is -1.32. The normalized spacial score (nSPS) is 11.9. The maximum atomic E-state index is 12.0. The molecule has 0 heterocycles. The molecule has 0 amide bonds. The molecule has 0 radical (unpaired) electrons. The van der Waals surface area contributed by atoms with Gasteiger partial charge in [-0.2, -0.15) is 0 Å². The van der Waals surface area contributed by atoms with Crippen LogP contribution in [0.5, 0.6) is 0 Å². The highest BCUT2D eigenvalue weighted by molar-refractivity contribution is 5.79. The van der Waals surface area contributed by atoms with Gasteiger partial charge in [0.1, 0.15) is 0 Å². The first kappa shape index (κ1) is 30.7. The van der Waals surface area contributed by atoms with Gasteiger partial charge in [-0.1, -0.05) is 116 Å². The topological polar surface area (TPSA) is 63.6 Å². The summed E-state index contributed by atoms with van der Waals surface area (Å²) >= 11 is 0. The largest absolute Gasteiger partial charge is 0.481 e. The predicted octanol–water partition coefficient (Wildman–Crippen LogP) is 8.63. The van der Waals surface area contributed by atoms with Gasteiger partial charge in [0.05, 0.1) is 18.9 Å². The van der Waals surface area contributed by atoms with E-state index in [-0.39, 0.29) is 12.4 Å². The number of hydrogen-bond donors (Lipinski definition) is 1. The van der Waals surface area contributed by atoms with Crippen LogP contribution < -0.4 is 0 Å². The minimum Gasteiger partial charge on any atom is -0.481 e. The molecule has 0 aromatic heterocycles. The van der Waals surface area contributed by atoms with Crippen molar-refractivity contribution in [2.75, 3.05) is 6.61 Å². The van der Waals surface area contributed by atoms with Crippen LogP contribution in [-0.4, -0.2) is 23.7 Å². The van der Waals surface area contributed by atoms with Crippen molar-refractivity contribution in [2.24, 2.45) is 5.92 Å². The Labute approximate surface area is 198 Å². The molecule has 32 heavy (non-hydrogen) atoms. The summed E-state index contributed by atoms with van der Waals surface area (Å²) in [7, 11) is 0. The summed E-state index contributed by atoms with van der Waals surface area (Å²) in [4.78, 5) is 23.0. The standard InChI is InChI=1S/C28H52O4/c1-3-5-6-7-8-9-10-11-12-13-14-15-16-17-18-19-20-21-22-23-26(25-27(29)30)28(31)32-24-4-2/h3,26H,1,4-25H2,2H3,(H,29,30). The Balaban J connectivity index is 3.41. The van der Waals surface area contributed by atoms with Crippen LogP contribution in [-0.2, 0) is 14.3 Å². The van der Waals surface area contributed by atoms with E-state index in [1.807, 2.05) is 13.0 Å². The Morgan fingerprint density at radius 2 is 1.16 bits per heavy atom. The maximum absolute atomic E-state index is 12.0. The number of unbranched alkanes of at least 4 members (excludes halogenated alkanes) is 17. The number of carboxylic acid groups (broad SMARTS) is 1. The molecular weight excluding hydrogens is 400 g/mol. The first-order valence-electron chi connectivity index (χ1n) is 13.6. The molecule has 0 aromatic rings. The van der Waals surface area contributed by atoms with Crippen molar-refractivity contribution < 1.29 is 19.4 Å². The van der Waals surface area contributed by atoms with E-state index in [0.717, 1.165) is 19.3 Å². The molecule has 0 aliphatic carbocycles. The molecule has 0 saturated heterocycles. The van der Waals surface area contributed by atoms with Crippen LogP contribution >= 0.6 is 0 Å². The molecule has 0 rings (SSSR count). The number of carboxylic acids is 1. The highest BCUT2D eigenvalue weighted by Gasteiger charge is 2.22. The van der Waals surface area contributed by atoms with Gasteiger partial charge in [-0.05, 0) is 25.7 Å². The molecule has 0 fully saturated rings. The molecule has 0 aliphatic heterocycles. The van der Waals surface area contributed by atoms with E-state index in [1.165, 1.54) is 103 Å². The van der Waals surface area contributed by atoms with E-state index in [9.17, 15) is 9.59 Å². The lowest BCUT2D eigenvalue weighted by atomic mass is 9.97. The van der Waals surface area contributed by atoms with Crippen molar-refractivity contribution in [3.63, 3.8) is 0 Å². The monoisotopic (exact) mass is 452 g/mol. The lowest BCUT2D eigenvalue weighted by molar-refractivity contribution is -0.153. The third-order valence-electron chi connectivity index (χ3n) is 6.16. The molecule has 0 bridgehead atoms. The molecule has 1 N–H and O–H groups in total. The van der Waals surface area contributed by atoms with Crippen molar-refractivity contribution in [3.8, 4) is 0 Å². The lowest BCUT2D eigenvalue weighted by Crippen LogP contribution is -2.21. The SMILES string of the molecule is C=CCCCCCCCCCCCCCCCCCCCC(CC(=O)O)C(=O)OCCC. The highest BCUT2D eigenvalue weighted by atomic mass is 16.5. The number of ether oxygens (including phenoxy) is 1. The second-order valence-corrected chi connectivity index (χ2v) is 9.34. The second-order valence-electron chi connectivity index (χ2n) is 9.34. The summed E-state index contributed by atoms with van der Waals surface area (Å²) in [6.07, 6.45) is 26.7. The lowest BCUT2D eigenvalue weighted by Gasteiger charge is -2.13. The molecule has 1 unspecified atom stereocenters. The number of carbonyl (C=O) groups is 2. The van der Waals surface area contributed by atoms with E-state index in [0.29, 0.717) is 13.0 Å². The molecule has 0 aliphatic rings. The van der Waals surface area contributed by atoms with Crippen LogP contribution in [0.3, 0.4) is 0 Å². The van der Waals surface area contributed by atoms with Gasteiger partial charge < -0.3 is 9.84 Å². The fourth-order valence-corrected chi connectivity index (χ4v) is 4.17. The zero-order chi connectivity index (χ0) is 23.7. The Bertz CT molecular complexity index is 447. The smallest absolute Gasteiger partial charge is 0.309 e. The minimum absolute atomic E-state index is 0.112. The number of rotatable bonds is 25. The number of esters is 1. The first-order valence-corrected chi connectivity index (χ1v) is 13.6. The van der Waals surface area contributed by atoms with Gasteiger partial charge in [0.2, 0.25) is 0 Å². The summed E-state index contributed by atoms with van der Waals surface area (Å²) < 4.78 is 5.14. The average molecular weight is 453 g/mol. The molecule has 4 heteroatoms. The van der Waals surface area contributed by atoms with Gasteiger partial charge in [0.25, 0.3) is 0 Å². The van der Waals surface area contributed by atoms with Crippen molar-refractivity contribution in [2.45, 2.75) is 142 Å². The van der Waals surface area contributed by atoms with Crippen LogP contribution in [0.2, 0.25) is 0 Å². The molecule has 0 saturated carbocycles. The Morgan fingerprint density at radius 1 is 0.750 bits per heavy atom. The quantitative estimate of drug-likeness (QED) is 0.0855. The Kier molecular flexibility index (Phi) is 23.3. The third-order valence-corrected chi connectivity index (χ3v) is 6.16. The van der Waals surface area contributed by atoms with Crippen LogP contribution in [0.15, 0.2) is 12.7 Å².